The third kappa shape index (κ3) is 3.39. The minimum Gasteiger partial charge on any atom is -0.437 e. The molecular weight excluding hydrogens is 262 g/mol. The zero-order chi connectivity index (χ0) is 14.8. The van der Waals surface area contributed by atoms with Crippen molar-refractivity contribution in [2.75, 3.05) is 0 Å². The van der Waals surface area contributed by atoms with Crippen molar-refractivity contribution in [1.82, 2.24) is 15.3 Å². The molecule has 110 valence electrons. The lowest BCUT2D eigenvalue weighted by molar-refractivity contribution is 0.445. The summed E-state index contributed by atoms with van der Waals surface area (Å²) >= 11 is 0. The Balaban J connectivity index is 1.89. The van der Waals surface area contributed by atoms with Gasteiger partial charge in [0.2, 0.25) is 5.88 Å². The lowest BCUT2D eigenvalue weighted by atomic mass is 10.1. The Kier molecular flexibility index (Phi) is 3.88. The second kappa shape index (κ2) is 5.82. The topological polar surface area (TPSA) is 47.0 Å². The van der Waals surface area contributed by atoms with Crippen molar-refractivity contribution in [3.63, 3.8) is 0 Å². The van der Waals surface area contributed by atoms with Gasteiger partial charge >= 0.3 is 0 Å². The third-order valence-electron chi connectivity index (χ3n) is 3.75. The molecule has 0 saturated heterocycles. The zero-order valence-corrected chi connectivity index (χ0v) is 12.8. The average Bonchev–Trinajstić information content (AvgIpc) is 3.24. The van der Waals surface area contributed by atoms with Gasteiger partial charge in [0.05, 0.1) is 5.69 Å². The quantitative estimate of drug-likeness (QED) is 0.913. The summed E-state index contributed by atoms with van der Waals surface area (Å²) in [6.07, 6.45) is 4.32. The number of ether oxygens (including phenoxy) is 1. The first kappa shape index (κ1) is 14.0. The van der Waals surface area contributed by atoms with Crippen LogP contribution in [0.5, 0.6) is 11.6 Å². The van der Waals surface area contributed by atoms with E-state index in [1.54, 1.807) is 6.20 Å². The lowest BCUT2D eigenvalue weighted by Gasteiger charge is -2.15. The predicted molar refractivity (Wildman–Crippen MR) is 82.6 cm³/mol. The van der Waals surface area contributed by atoms with Crippen molar-refractivity contribution in [1.29, 1.82) is 0 Å². The van der Waals surface area contributed by atoms with Crippen LogP contribution in [0.4, 0.5) is 0 Å². The Morgan fingerprint density at radius 2 is 2.10 bits per heavy atom. The molecule has 1 N–H and O–H groups in total. The molecule has 0 atom stereocenters. The summed E-state index contributed by atoms with van der Waals surface area (Å²) in [6.45, 7) is 6.86. The monoisotopic (exact) mass is 283 g/mol. The van der Waals surface area contributed by atoms with Crippen LogP contribution in [-0.4, -0.2) is 16.0 Å². The molecule has 1 saturated carbocycles. The Bertz CT molecular complexity index is 650. The SMILES string of the molecule is Cc1cc(C)c(CNC2CC2)c(Oc2cccnc2C)n1. The zero-order valence-electron chi connectivity index (χ0n) is 12.8. The molecule has 4 nitrogen and oxygen atoms in total. The Hall–Kier alpha value is -1.94. The lowest BCUT2D eigenvalue weighted by Crippen LogP contribution is -2.17. The van der Waals surface area contributed by atoms with E-state index in [0.29, 0.717) is 11.9 Å². The second-order valence-electron chi connectivity index (χ2n) is 5.71. The minimum atomic E-state index is 0.665. The normalized spacial score (nSPS) is 14.2. The first-order chi connectivity index (χ1) is 10.1. The molecule has 1 aliphatic carbocycles. The van der Waals surface area contributed by atoms with Gasteiger partial charge in [-0.2, -0.15) is 0 Å². The van der Waals surface area contributed by atoms with Crippen LogP contribution in [-0.2, 0) is 6.54 Å². The van der Waals surface area contributed by atoms with Crippen LogP contribution in [0, 0.1) is 20.8 Å². The van der Waals surface area contributed by atoms with Gasteiger partial charge in [0, 0.05) is 30.0 Å². The Labute approximate surface area is 125 Å². The van der Waals surface area contributed by atoms with Gasteiger partial charge < -0.3 is 10.1 Å². The van der Waals surface area contributed by atoms with Crippen LogP contribution < -0.4 is 10.1 Å². The largest absolute Gasteiger partial charge is 0.437 e. The Morgan fingerprint density at radius 1 is 1.29 bits per heavy atom. The highest BCUT2D eigenvalue weighted by Gasteiger charge is 2.22. The van der Waals surface area contributed by atoms with Crippen LogP contribution >= 0.6 is 0 Å². The molecule has 21 heavy (non-hydrogen) atoms. The molecule has 0 spiro atoms. The number of nitrogens with one attached hydrogen (secondary N) is 1. The molecule has 2 aromatic heterocycles. The fourth-order valence-electron chi connectivity index (χ4n) is 2.34. The van der Waals surface area contributed by atoms with E-state index < -0.39 is 0 Å². The molecule has 1 aliphatic rings. The molecule has 0 aromatic carbocycles. The number of aryl methyl sites for hydroxylation is 3. The molecule has 0 unspecified atom stereocenters. The number of hydrogen-bond donors (Lipinski definition) is 1. The highest BCUT2D eigenvalue weighted by Crippen LogP contribution is 2.29. The second-order valence-corrected chi connectivity index (χ2v) is 5.71. The van der Waals surface area contributed by atoms with E-state index in [4.69, 9.17) is 4.74 Å². The van der Waals surface area contributed by atoms with Crippen molar-refractivity contribution >= 4 is 0 Å². The van der Waals surface area contributed by atoms with Gasteiger partial charge in [-0.15, -0.1) is 0 Å². The number of hydrogen-bond acceptors (Lipinski definition) is 4. The molecule has 0 bridgehead atoms. The van der Waals surface area contributed by atoms with Crippen molar-refractivity contribution < 1.29 is 4.74 Å². The summed E-state index contributed by atoms with van der Waals surface area (Å²) < 4.78 is 6.04. The molecule has 1 fully saturated rings. The van der Waals surface area contributed by atoms with Gasteiger partial charge in [-0.1, -0.05) is 0 Å². The van der Waals surface area contributed by atoms with E-state index in [2.05, 4.69) is 28.3 Å². The maximum absolute atomic E-state index is 6.04. The molecule has 0 aliphatic heterocycles. The minimum absolute atomic E-state index is 0.665. The molecule has 0 amide bonds. The number of nitrogens with zero attached hydrogens (tertiary/aromatic N) is 2. The smallest absolute Gasteiger partial charge is 0.224 e. The fraction of sp³-hybridized carbons (Fsp3) is 0.412. The molecule has 3 rings (SSSR count). The van der Waals surface area contributed by atoms with Crippen LogP contribution in [0.3, 0.4) is 0 Å². The summed E-state index contributed by atoms with van der Waals surface area (Å²) in [4.78, 5) is 8.84. The maximum atomic E-state index is 6.04. The summed E-state index contributed by atoms with van der Waals surface area (Å²) in [6, 6.07) is 6.58. The maximum Gasteiger partial charge on any atom is 0.224 e. The number of rotatable bonds is 5. The standard InChI is InChI=1S/C17H21N3O/c1-11-9-12(2)20-17(15(11)10-19-14-6-7-14)21-16-5-4-8-18-13(16)3/h4-5,8-9,14,19H,6-7,10H2,1-3H3. The Morgan fingerprint density at radius 3 is 2.81 bits per heavy atom. The molecule has 2 heterocycles. The van der Waals surface area contributed by atoms with Crippen LogP contribution in [0.25, 0.3) is 0 Å². The third-order valence-corrected chi connectivity index (χ3v) is 3.75. The highest BCUT2D eigenvalue weighted by molar-refractivity contribution is 5.39. The van der Waals surface area contributed by atoms with Crippen LogP contribution in [0.15, 0.2) is 24.4 Å². The van der Waals surface area contributed by atoms with E-state index in [-0.39, 0.29) is 0 Å². The number of aromatic nitrogens is 2. The van der Waals surface area contributed by atoms with E-state index in [9.17, 15) is 0 Å². The molecule has 2 aromatic rings. The van der Waals surface area contributed by atoms with Crippen molar-refractivity contribution in [3.05, 3.63) is 46.9 Å². The molecular formula is C17H21N3O. The summed E-state index contributed by atoms with van der Waals surface area (Å²) in [5, 5.41) is 3.54. The van der Waals surface area contributed by atoms with E-state index in [1.165, 1.54) is 18.4 Å². The van der Waals surface area contributed by atoms with Gasteiger partial charge in [0.15, 0.2) is 5.75 Å². The summed E-state index contributed by atoms with van der Waals surface area (Å²) in [7, 11) is 0. The average molecular weight is 283 g/mol. The van der Waals surface area contributed by atoms with E-state index >= 15 is 0 Å². The van der Waals surface area contributed by atoms with Crippen molar-refractivity contribution in [2.24, 2.45) is 0 Å². The van der Waals surface area contributed by atoms with Gasteiger partial charge in [0.1, 0.15) is 0 Å². The van der Waals surface area contributed by atoms with Crippen LogP contribution in [0.1, 0.15) is 35.4 Å². The first-order valence-electron chi connectivity index (χ1n) is 7.43. The molecule has 0 radical (unpaired) electrons. The van der Waals surface area contributed by atoms with E-state index in [0.717, 1.165) is 29.2 Å². The first-order valence-corrected chi connectivity index (χ1v) is 7.43. The fourth-order valence-corrected chi connectivity index (χ4v) is 2.34. The highest BCUT2D eigenvalue weighted by atomic mass is 16.5. The van der Waals surface area contributed by atoms with Crippen molar-refractivity contribution in [3.8, 4) is 11.6 Å². The van der Waals surface area contributed by atoms with Gasteiger partial charge in [-0.25, -0.2) is 4.98 Å². The summed E-state index contributed by atoms with van der Waals surface area (Å²) in [5.74, 6) is 1.46. The van der Waals surface area contributed by atoms with E-state index in [1.807, 2.05) is 26.0 Å². The summed E-state index contributed by atoms with van der Waals surface area (Å²) in [5.41, 5.74) is 4.20. The molecule has 4 heteroatoms. The number of pyridine rings is 2. The predicted octanol–water partition coefficient (Wildman–Crippen LogP) is 3.45. The van der Waals surface area contributed by atoms with Gasteiger partial charge in [-0.3, -0.25) is 4.98 Å². The van der Waals surface area contributed by atoms with Crippen LogP contribution in [0.2, 0.25) is 0 Å². The van der Waals surface area contributed by atoms with Gasteiger partial charge in [0.25, 0.3) is 0 Å². The van der Waals surface area contributed by atoms with Crippen molar-refractivity contribution in [2.45, 2.75) is 46.2 Å². The van der Waals surface area contributed by atoms with Gasteiger partial charge in [-0.05, 0) is 57.4 Å².